The van der Waals surface area contributed by atoms with Crippen molar-refractivity contribution in [3.8, 4) is 10.6 Å². The predicted molar refractivity (Wildman–Crippen MR) is 55.3 cm³/mol. The molecule has 3 nitrogen and oxygen atoms in total. The third-order valence-electron chi connectivity index (χ3n) is 1.86. The number of carbonyl (C=O) groups excluding carboxylic acids is 1. The van der Waals surface area contributed by atoms with Gasteiger partial charge in [-0.25, -0.2) is 9.37 Å². The van der Waals surface area contributed by atoms with E-state index in [9.17, 15) is 9.18 Å². The van der Waals surface area contributed by atoms with Gasteiger partial charge in [-0.15, -0.1) is 11.3 Å². The van der Waals surface area contributed by atoms with Crippen LogP contribution in [0.4, 0.5) is 4.39 Å². The molecule has 0 fully saturated rings. The van der Waals surface area contributed by atoms with Gasteiger partial charge in [0.2, 0.25) is 0 Å². The summed E-state index contributed by atoms with van der Waals surface area (Å²) in [5.41, 5.74) is 0.377. The maximum Gasteiger partial charge on any atom is 0.171 e. The Hall–Kier alpha value is -1.62. The minimum absolute atomic E-state index is 0.0618. The van der Waals surface area contributed by atoms with Crippen LogP contribution in [0.5, 0.6) is 0 Å². The molecule has 2 heterocycles. The minimum atomic E-state index is -0.429. The molecule has 2 aromatic rings. The summed E-state index contributed by atoms with van der Waals surface area (Å²) in [5.74, 6) is -0.491. The number of pyridine rings is 1. The first kappa shape index (κ1) is 9.92. The number of carbonyl (C=O) groups is 1. The lowest BCUT2D eigenvalue weighted by atomic mass is 10.3. The van der Waals surface area contributed by atoms with Gasteiger partial charge < -0.3 is 0 Å². The van der Waals surface area contributed by atoms with Crippen molar-refractivity contribution in [3.63, 3.8) is 0 Å². The molecule has 0 spiro atoms. The highest BCUT2D eigenvalue weighted by Crippen LogP contribution is 2.26. The topological polar surface area (TPSA) is 42.9 Å². The summed E-state index contributed by atoms with van der Waals surface area (Å²) in [6.45, 7) is 1.46. The van der Waals surface area contributed by atoms with E-state index in [2.05, 4.69) is 9.97 Å². The predicted octanol–water partition coefficient (Wildman–Crippen LogP) is 2.55. The maximum atomic E-state index is 13.3. The fourth-order valence-corrected chi connectivity index (χ4v) is 1.95. The smallest absolute Gasteiger partial charge is 0.171 e. The quantitative estimate of drug-likeness (QED) is 0.733. The van der Waals surface area contributed by atoms with Crippen LogP contribution in [-0.2, 0) is 0 Å². The van der Waals surface area contributed by atoms with E-state index < -0.39 is 5.82 Å². The third kappa shape index (κ3) is 1.92. The first-order valence-electron chi connectivity index (χ1n) is 4.25. The van der Waals surface area contributed by atoms with Crippen LogP contribution in [0.1, 0.15) is 16.6 Å². The van der Waals surface area contributed by atoms with E-state index in [1.165, 1.54) is 36.7 Å². The first-order chi connectivity index (χ1) is 7.18. The van der Waals surface area contributed by atoms with Gasteiger partial charge in [-0.3, -0.25) is 9.78 Å². The second kappa shape index (κ2) is 3.86. The summed E-state index contributed by atoms with van der Waals surface area (Å²) < 4.78 is 13.3. The van der Waals surface area contributed by atoms with Gasteiger partial charge in [0.25, 0.3) is 0 Å². The van der Waals surface area contributed by atoms with E-state index in [-0.39, 0.29) is 5.78 Å². The molecule has 0 aliphatic carbocycles. The zero-order chi connectivity index (χ0) is 10.8. The fourth-order valence-electron chi connectivity index (χ4n) is 1.11. The first-order valence-corrected chi connectivity index (χ1v) is 5.07. The lowest BCUT2D eigenvalue weighted by Gasteiger charge is -1.95. The number of halogens is 1. The molecular weight excluding hydrogens is 215 g/mol. The Bertz CT molecular complexity index is 510. The summed E-state index contributed by atoms with van der Waals surface area (Å²) in [4.78, 5) is 19.2. The number of Topliss-reactive ketones (excluding diaryl/α,β-unsaturated/α-hetero) is 1. The molecule has 0 bridgehead atoms. The Kier molecular flexibility index (Phi) is 2.55. The zero-order valence-electron chi connectivity index (χ0n) is 7.90. The van der Waals surface area contributed by atoms with Crippen molar-refractivity contribution in [3.05, 3.63) is 35.4 Å². The second-order valence-corrected chi connectivity index (χ2v) is 3.97. The summed E-state index contributed by atoms with van der Waals surface area (Å²) in [7, 11) is 0. The number of nitrogens with zero attached hydrogens (tertiary/aromatic N) is 2. The van der Waals surface area contributed by atoms with Crippen LogP contribution in [0.25, 0.3) is 10.6 Å². The largest absolute Gasteiger partial charge is 0.294 e. The van der Waals surface area contributed by atoms with Gasteiger partial charge in [0.15, 0.2) is 11.6 Å². The molecule has 0 aromatic carbocycles. The van der Waals surface area contributed by atoms with E-state index in [1.807, 2.05) is 0 Å². The third-order valence-corrected chi connectivity index (χ3v) is 2.99. The average Bonchev–Trinajstić information content (AvgIpc) is 2.67. The number of aromatic nitrogens is 2. The van der Waals surface area contributed by atoms with Crippen LogP contribution in [0.3, 0.4) is 0 Å². The van der Waals surface area contributed by atoms with Crippen molar-refractivity contribution in [1.82, 2.24) is 9.97 Å². The average molecular weight is 222 g/mol. The van der Waals surface area contributed by atoms with E-state index in [0.29, 0.717) is 15.4 Å². The summed E-state index contributed by atoms with van der Waals surface area (Å²) in [6, 6.07) is 1.54. The highest BCUT2D eigenvalue weighted by atomic mass is 32.1. The molecule has 0 aliphatic heterocycles. The summed E-state index contributed by atoms with van der Waals surface area (Å²) >= 11 is 1.18. The molecule has 0 saturated heterocycles. The van der Waals surface area contributed by atoms with Crippen molar-refractivity contribution in [1.29, 1.82) is 0 Å². The van der Waals surface area contributed by atoms with Crippen LogP contribution in [0.15, 0.2) is 24.7 Å². The van der Waals surface area contributed by atoms with E-state index in [4.69, 9.17) is 0 Å². The molecule has 0 saturated carbocycles. The Balaban J connectivity index is 2.46. The lowest BCUT2D eigenvalue weighted by Crippen LogP contribution is -1.84. The van der Waals surface area contributed by atoms with Crippen LogP contribution >= 0.6 is 11.3 Å². The van der Waals surface area contributed by atoms with E-state index in [1.54, 1.807) is 0 Å². The van der Waals surface area contributed by atoms with Gasteiger partial charge in [0.1, 0.15) is 5.01 Å². The van der Waals surface area contributed by atoms with Crippen molar-refractivity contribution >= 4 is 17.1 Å². The molecule has 0 amide bonds. The van der Waals surface area contributed by atoms with Crippen LogP contribution in [-0.4, -0.2) is 15.8 Å². The van der Waals surface area contributed by atoms with E-state index in [0.717, 1.165) is 6.20 Å². The zero-order valence-corrected chi connectivity index (χ0v) is 8.71. The van der Waals surface area contributed by atoms with Crippen LogP contribution < -0.4 is 0 Å². The summed E-state index contributed by atoms with van der Waals surface area (Å²) in [6.07, 6.45) is 4.08. The molecule has 0 radical (unpaired) electrons. The van der Waals surface area contributed by atoms with Gasteiger partial charge in [-0.2, -0.15) is 0 Å². The summed E-state index contributed by atoms with van der Waals surface area (Å²) in [5, 5.41) is 0.500. The second-order valence-electron chi connectivity index (χ2n) is 2.94. The molecule has 0 aliphatic rings. The fraction of sp³-hybridized carbons (Fsp3) is 0.100. The maximum absolute atomic E-state index is 13.3. The van der Waals surface area contributed by atoms with Gasteiger partial charge in [0.05, 0.1) is 11.1 Å². The molecular formula is C10H7FN2OS. The Morgan fingerprint density at radius 2 is 2.27 bits per heavy atom. The van der Waals surface area contributed by atoms with Crippen LogP contribution in [0.2, 0.25) is 0 Å². The Morgan fingerprint density at radius 3 is 2.87 bits per heavy atom. The number of hydrogen-bond acceptors (Lipinski definition) is 4. The van der Waals surface area contributed by atoms with E-state index >= 15 is 0 Å². The van der Waals surface area contributed by atoms with Crippen molar-refractivity contribution in [2.45, 2.75) is 6.92 Å². The number of rotatable bonds is 2. The monoisotopic (exact) mass is 222 g/mol. The van der Waals surface area contributed by atoms with Crippen molar-refractivity contribution in [2.24, 2.45) is 0 Å². The van der Waals surface area contributed by atoms with Gasteiger partial charge in [-0.05, 0) is 6.07 Å². The molecule has 2 aromatic heterocycles. The van der Waals surface area contributed by atoms with Gasteiger partial charge in [-0.1, -0.05) is 0 Å². The Morgan fingerprint density at radius 1 is 1.47 bits per heavy atom. The molecule has 15 heavy (non-hydrogen) atoms. The lowest BCUT2D eigenvalue weighted by molar-refractivity contribution is 0.102. The number of ketones is 1. The minimum Gasteiger partial charge on any atom is -0.294 e. The number of thiazole rings is 1. The molecule has 76 valence electrons. The standard InChI is InChI=1S/C10H7FN2OS/c1-6(14)9-5-13-10(15-9)7-2-3-12-4-8(7)11/h2-5H,1H3. The highest BCUT2D eigenvalue weighted by molar-refractivity contribution is 7.16. The molecule has 0 atom stereocenters. The number of hydrogen-bond donors (Lipinski definition) is 0. The molecule has 2 rings (SSSR count). The van der Waals surface area contributed by atoms with Crippen molar-refractivity contribution < 1.29 is 9.18 Å². The van der Waals surface area contributed by atoms with Crippen molar-refractivity contribution in [2.75, 3.05) is 0 Å². The van der Waals surface area contributed by atoms with Gasteiger partial charge in [0, 0.05) is 24.9 Å². The Labute approximate surface area is 89.6 Å². The highest BCUT2D eigenvalue weighted by Gasteiger charge is 2.11. The SMILES string of the molecule is CC(=O)c1cnc(-c2ccncc2F)s1. The van der Waals surface area contributed by atoms with Crippen LogP contribution in [0, 0.1) is 5.82 Å². The molecule has 0 N–H and O–H groups in total. The molecule has 0 unspecified atom stereocenters. The molecule has 5 heteroatoms. The van der Waals surface area contributed by atoms with Gasteiger partial charge >= 0.3 is 0 Å². The normalized spacial score (nSPS) is 10.3.